The monoisotopic (exact) mass is 835 g/mol. The van der Waals surface area contributed by atoms with E-state index in [0.29, 0.717) is 17.7 Å². The lowest BCUT2D eigenvalue weighted by molar-refractivity contribution is 0.875. The fourth-order valence-electron chi connectivity index (χ4n) is 10.0. The average Bonchev–Trinajstić information content (AvgIpc) is 4.08. The highest BCUT2D eigenvalue weighted by Gasteiger charge is 2.22. The molecule has 0 atom stereocenters. The van der Waals surface area contributed by atoms with Gasteiger partial charge in [-0.25, -0.2) is 0 Å². The van der Waals surface area contributed by atoms with E-state index in [0.717, 1.165) is 71.9 Å². The van der Waals surface area contributed by atoms with Crippen molar-refractivity contribution in [1.82, 2.24) is 38.2 Å². The molecule has 0 unspecified atom stereocenters. The van der Waals surface area contributed by atoms with Crippen LogP contribution in [0.2, 0.25) is 0 Å². The molecule has 9 heteroatoms. The molecule has 7 aromatic carbocycles. The lowest BCUT2D eigenvalue weighted by atomic mass is 10.1. The maximum absolute atomic E-state index is 5.29. The number of hydrogen-bond donors (Lipinski definition) is 0. The second kappa shape index (κ2) is 14.3. The fourth-order valence-corrected chi connectivity index (χ4v) is 10.0. The fraction of sp³-hybridized carbons (Fsp3) is 0.0179. The van der Waals surface area contributed by atoms with E-state index >= 15 is 0 Å². The van der Waals surface area contributed by atoms with Crippen LogP contribution in [0.4, 0.5) is 0 Å². The van der Waals surface area contributed by atoms with Gasteiger partial charge in [0.1, 0.15) is 0 Å². The van der Waals surface area contributed by atoms with Gasteiger partial charge >= 0.3 is 0 Å². The number of rotatable bonds is 7. The van der Waals surface area contributed by atoms with Gasteiger partial charge in [-0.2, -0.15) is 15.0 Å². The van der Waals surface area contributed by atoms with E-state index in [2.05, 4.69) is 187 Å². The minimum absolute atomic E-state index is 0.489. The summed E-state index contributed by atoms with van der Waals surface area (Å²) in [5.41, 5.74) is 12.6. The smallest absolute Gasteiger partial charge is 0.240 e. The van der Waals surface area contributed by atoms with Crippen LogP contribution in [0, 0.1) is 6.92 Å². The van der Waals surface area contributed by atoms with Gasteiger partial charge in [-0.3, -0.25) is 19.1 Å². The molecule has 0 spiro atoms. The van der Waals surface area contributed by atoms with Gasteiger partial charge < -0.3 is 9.13 Å². The Morgan fingerprint density at radius 2 is 0.923 bits per heavy atom. The number of aliphatic imine (C=N–C) groups is 1. The molecular weight excluding hydrogens is 799 g/mol. The highest BCUT2D eigenvalue weighted by molar-refractivity contribution is 6.12. The molecule has 0 saturated heterocycles. The molecule has 306 valence electrons. The van der Waals surface area contributed by atoms with Crippen LogP contribution >= 0.6 is 0 Å². The maximum atomic E-state index is 5.29. The zero-order chi connectivity index (χ0) is 43.2. The average molecular weight is 836 g/mol. The Labute approximate surface area is 372 Å². The highest BCUT2D eigenvalue weighted by atomic mass is 15.3. The normalized spacial score (nSPS) is 12.1. The first-order chi connectivity index (χ1) is 32.1. The van der Waals surface area contributed by atoms with Crippen molar-refractivity contribution in [3.05, 3.63) is 200 Å². The number of aryl methyl sites for hydroxylation is 1. The van der Waals surface area contributed by atoms with E-state index in [4.69, 9.17) is 15.0 Å². The molecule has 0 fully saturated rings. The van der Waals surface area contributed by atoms with Gasteiger partial charge in [0, 0.05) is 73.2 Å². The van der Waals surface area contributed by atoms with E-state index in [1.807, 2.05) is 42.7 Å². The van der Waals surface area contributed by atoms with Crippen molar-refractivity contribution in [2.75, 3.05) is 0 Å². The van der Waals surface area contributed by atoms with Crippen molar-refractivity contribution < 1.29 is 0 Å². The summed E-state index contributed by atoms with van der Waals surface area (Å²) >= 11 is 0. The third-order valence-corrected chi connectivity index (χ3v) is 12.9. The second-order valence-electron chi connectivity index (χ2n) is 16.3. The number of pyridine rings is 1. The molecule has 65 heavy (non-hydrogen) atoms. The third kappa shape index (κ3) is 5.49. The van der Waals surface area contributed by atoms with Crippen LogP contribution < -0.4 is 0 Å². The van der Waals surface area contributed by atoms with Crippen molar-refractivity contribution in [3.63, 3.8) is 0 Å². The molecule has 0 aliphatic rings. The van der Waals surface area contributed by atoms with Gasteiger partial charge in [-0.15, -0.1) is 0 Å². The Balaban J connectivity index is 0.998. The SMILES string of the molecule is C=N/C=C\c1c(C)c2ccccc2n1-c1nc(-c2ccc(-n3c4ccccc4c4cc(-n5c6ccccc6c6ccccc65)ccc43)cc2)nc(-n2c3ccccc3c3cnccc32)n1. The van der Waals surface area contributed by atoms with Gasteiger partial charge in [0.05, 0.1) is 44.3 Å². The maximum Gasteiger partial charge on any atom is 0.240 e. The summed E-state index contributed by atoms with van der Waals surface area (Å²) < 4.78 is 8.93. The topological polar surface area (TPSA) is 83.6 Å². The summed E-state index contributed by atoms with van der Waals surface area (Å²) in [6.07, 6.45) is 7.39. The highest BCUT2D eigenvalue weighted by Crippen LogP contribution is 2.38. The van der Waals surface area contributed by atoms with Gasteiger partial charge in [0.25, 0.3) is 0 Å². The second-order valence-corrected chi connectivity index (χ2v) is 16.3. The van der Waals surface area contributed by atoms with E-state index in [-0.39, 0.29) is 0 Å². The summed E-state index contributed by atoms with van der Waals surface area (Å²) in [5, 5.41) is 8.05. The van der Waals surface area contributed by atoms with Gasteiger partial charge in [-0.1, -0.05) is 91.0 Å². The lowest BCUT2D eigenvalue weighted by Crippen LogP contribution is -2.11. The molecule has 6 aromatic heterocycles. The third-order valence-electron chi connectivity index (χ3n) is 12.9. The number of benzene rings is 7. The van der Waals surface area contributed by atoms with Crippen molar-refractivity contribution in [2.24, 2.45) is 4.99 Å². The first-order valence-corrected chi connectivity index (χ1v) is 21.6. The van der Waals surface area contributed by atoms with Crippen LogP contribution in [0.1, 0.15) is 11.3 Å². The Morgan fingerprint density at radius 1 is 0.446 bits per heavy atom. The zero-order valence-corrected chi connectivity index (χ0v) is 35.2. The molecule has 6 heterocycles. The zero-order valence-electron chi connectivity index (χ0n) is 35.2. The summed E-state index contributed by atoms with van der Waals surface area (Å²) in [6, 6.07) is 60.0. The molecule has 0 aliphatic heterocycles. The first-order valence-electron chi connectivity index (χ1n) is 21.6. The van der Waals surface area contributed by atoms with Gasteiger partial charge in [0.15, 0.2) is 5.82 Å². The van der Waals surface area contributed by atoms with Crippen molar-refractivity contribution in [3.8, 4) is 34.7 Å². The van der Waals surface area contributed by atoms with Gasteiger partial charge in [-0.05, 0) is 104 Å². The van der Waals surface area contributed by atoms with E-state index in [1.54, 1.807) is 6.20 Å². The summed E-state index contributed by atoms with van der Waals surface area (Å²) in [5.74, 6) is 1.53. The minimum atomic E-state index is 0.489. The molecule has 13 rings (SSSR count). The number of aromatic nitrogens is 8. The number of para-hydroxylation sites is 5. The molecule has 0 saturated carbocycles. The molecule has 0 bridgehead atoms. The summed E-state index contributed by atoms with van der Waals surface area (Å²) in [6.45, 7) is 5.83. The minimum Gasteiger partial charge on any atom is -0.309 e. The van der Waals surface area contributed by atoms with Crippen LogP contribution in [0.25, 0.3) is 117 Å². The first kappa shape index (κ1) is 36.7. The largest absolute Gasteiger partial charge is 0.309 e. The van der Waals surface area contributed by atoms with Crippen molar-refractivity contribution >= 4 is 89.1 Å². The van der Waals surface area contributed by atoms with Crippen molar-refractivity contribution in [1.29, 1.82) is 0 Å². The quantitative estimate of drug-likeness (QED) is 0.150. The number of fused-ring (bicyclic) bond motifs is 10. The Morgan fingerprint density at radius 3 is 1.55 bits per heavy atom. The Hall–Kier alpha value is -8.95. The summed E-state index contributed by atoms with van der Waals surface area (Å²) in [7, 11) is 0. The van der Waals surface area contributed by atoms with E-state index in [9.17, 15) is 0 Å². The molecule has 0 amide bonds. The number of hydrogen-bond acceptors (Lipinski definition) is 5. The van der Waals surface area contributed by atoms with Crippen LogP contribution in [0.5, 0.6) is 0 Å². The Bertz CT molecular complexity index is 4000. The predicted molar refractivity (Wildman–Crippen MR) is 266 cm³/mol. The predicted octanol–water partition coefficient (Wildman–Crippen LogP) is 13.1. The van der Waals surface area contributed by atoms with E-state index in [1.165, 1.54) is 32.6 Å². The van der Waals surface area contributed by atoms with Crippen LogP contribution in [0.3, 0.4) is 0 Å². The van der Waals surface area contributed by atoms with E-state index < -0.39 is 0 Å². The van der Waals surface area contributed by atoms with Crippen LogP contribution in [-0.4, -0.2) is 44.9 Å². The molecule has 0 N–H and O–H groups in total. The van der Waals surface area contributed by atoms with Gasteiger partial charge in [0.2, 0.25) is 11.9 Å². The standard InChI is InChI=1S/C56H37N9/c1-35-39-13-3-8-18-47(39)64(46(35)29-31-57-2)55-59-54(60-56(61-55)65-51-22-12-7-17-43(51)45-34-58-32-30-53(45)65)36-23-25-37(26-24-36)62-50-21-11-6-16-42(50)44-33-38(27-28-52(44)62)63-48-19-9-4-14-40(48)41-15-5-10-20-49(41)63/h3-34H,2H2,1H3/b31-29-. The molecule has 9 nitrogen and oxygen atoms in total. The molecule has 0 aliphatic carbocycles. The summed E-state index contributed by atoms with van der Waals surface area (Å²) in [4.78, 5) is 24.4. The molecular formula is C56H37N9. The Kier molecular flexibility index (Phi) is 8.07. The number of nitrogens with zero attached hydrogens (tertiary/aromatic N) is 9. The van der Waals surface area contributed by atoms with Crippen LogP contribution in [0.15, 0.2) is 193 Å². The molecule has 13 aromatic rings. The molecule has 0 radical (unpaired) electrons. The lowest BCUT2D eigenvalue weighted by Gasteiger charge is -2.14. The van der Waals surface area contributed by atoms with Crippen molar-refractivity contribution in [2.45, 2.75) is 6.92 Å². The van der Waals surface area contributed by atoms with Crippen LogP contribution in [-0.2, 0) is 0 Å².